The number of nitrogens with zero attached hydrogens (tertiary/aromatic N) is 1. The van der Waals surface area contributed by atoms with E-state index in [1.807, 2.05) is 0 Å². The minimum Gasteiger partial charge on any atom is -0.389 e. The molecule has 150 valence electrons. The number of benzene rings is 1. The van der Waals surface area contributed by atoms with E-state index in [4.69, 9.17) is 0 Å². The summed E-state index contributed by atoms with van der Waals surface area (Å²) in [5.74, 6) is 0.652. The summed E-state index contributed by atoms with van der Waals surface area (Å²) < 4.78 is 0. The predicted molar refractivity (Wildman–Crippen MR) is 110 cm³/mol. The van der Waals surface area contributed by atoms with Gasteiger partial charge in [0.2, 0.25) is 5.91 Å². The summed E-state index contributed by atoms with van der Waals surface area (Å²) in [5, 5.41) is 13.9. The number of rotatable bonds is 7. The van der Waals surface area contributed by atoms with E-state index in [1.54, 1.807) is 0 Å². The van der Waals surface area contributed by atoms with Crippen molar-refractivity contribution in [1.29, 1.82) is 0 Å². The van der Waals surface area contributed by atoms with Crippen LogP contribution in [-0.2, 0) is 11.2 Å². The lowest BCUT2D eigenvalue weighted by atomic mass is 9.82. The van der Waals surface area contributed by atoms with Crippen LogP contribution in [0.4, 0.5) is 0 Å². The van der Waals surface area contributed by atoms with Crippen LogP contribution in [0.15, 0.2) is 24.3 Å². The SMILES string of the molecule is CCC(CC)C1c2ccccc2CCN1C(=O)CNCC1(O)CCCCC1. The van der Waals surface area contributed by atoms with E-state index in [9.17, 15) is 9.90 Å². The van der Waals surface area contributed by atoms with Crippen LogP contribution >= 0.6 is 0 Å². The summed E-state index contributed by atoms with van der Waals surface area (Å²) in [5.41, 5.74) is 2.10. The molecule has 1 atom stereocenters. The number of carbonyl (C=O) groups is 1. The number of hydrogen-bond donors (Lipinski definition) is 2. The van der Waals surface area contributed by atoms with Crippen molar-refractivity contribution in [2.45, 2.75) is 76.9 Å². The van der Waals surface area contributed by atoms with Crippen molar-refractivity contribution in [2.75, 3.05) is 19.6 Å². The third kappa shape index (κ3) is 4.72. The lowest BCUT2D eigenvalue weighted by molar-refractivity contribution is -0.134. The van der Waals surface area contributed by atoms with Gasteiger partial charge in [0.05, 0.1) is 18.2 Å². The van der Waals surface area contributed by atoms with Crippen LogP contribution in [-0.4, -0.2) is 41.1 Å². The molecule has 1 fully saturated rings. The zero-order valence-electron chi connectivity index (χ0n) is 17.0. The molecule has 4 heteroatoms. The average molecular weight is 373 g/mol. The highest BCUT2D eigenvalue weighted by atomic mass is 16.3. The zero-order valence-corrected chi connectivity index (χ0v) is 17.0. The molecule has 1 aromatic carbocycles. The fraction of sp³-hybridized carbons (Fsp3) is 0.696. The standard InChI is InChI=1S/C23H36N2O2/c1-3-18(4-2)22-20-11-7-6-10-19(20)12-15-25(22)21(26)16-24-17-23(27)13-8-5-9-14-23/h6-7,10-11,18,22,24,27H,3-5,8-9,12-17H2,1-2H3. The van der Waals surface area contributed by atoms with E-state index in [-0.39, 0.29) is 11.9 Å². The molecular weight excluding hydrogens is 336 g/mol. The maximum Gasteiger partial charge on any atom is 0.237 e. The molecule has 4 nitrogen and oxygen atoms in total. The minimum atomic E-state index is -0.623. The van der Waals surface area contributed by atoms with Gasteiger partial charge in [0.25, 0.3) is 0 Å². The van der Waals surface area contributed by atoms with E-state index in [1.165, 1.54) is 17.5 Å². The molecule has 0 bridgehead atoms. The lowest BCUT2D eigenvalue weighted by Gasteiger charge is -2.42. The highest BCUT2D eigenvalue weighted by Gasteiger charge is 2.35. The Morgan fingerprint density at radius 1 is 1.22 bits per heavy atom. The third-order valence-electron chi connectivity index (χ3n) is 6.66. The average Bonchev–Trinajstić information content (AvgIpc) is 2.69. The fourth-order valence-electron chi connectivity index (χ4n) is 5.01. The molecule has 1 unspecified atom stereocenters. The molecule has 2 N–H and O–H groups in total. The molecule has 0 radical (unpaired) electrons. The monoisotopic (exact) mass is 372 g/mol. The largest absolute Gasteiger partial charge is 0.389 e. The van der Waals surface area contributed by atoms with Crippen LogP contribution < -0.4 is 5.32 Å². The first-order valence-electron chi connectivity index (χ1n) is 10.9. The van der Waals surface area contributed by atoms with Crippen molar-refractivity contribution in [1.82, 2.24) is 10.2 Å². The Labute approximate surface area is 164 Å². The molecule has 0 aromatic heterocycles. The maximum absolute atomic E-state index is 13.1. The van der Waals surface area contributed by atoms with Crippen LogP contribution in [0.1, 0.15) is 76.0 Å². The highest BCUT2D eigenvalue weighted by molar-refractivity contribution is 5.79. The van der Waals surface area contributed by atoms with Crippen molar-refractivity contribution in [3.8, 4) is 0 Å². The fourth-order valence-corrected chi connectivity index (χ4v) is 5.01. The Kier molecular flexibility index (Phi) is 6.93. The van der Waals surface area contributed by atoms with Crippen molar-refractivity contribution in [3.63, 3.8) is 0 Å². The van der Waals surface area contributed by atoms with E-state index >= 15 is 0 Å². The van der Waals surface area contributed by atoms with Gasteiger partial charge in [-0.25, -0.2) is 0 Å². The Hall–Kier alpha value is -1.39. The number of nitrogens with one attached hydrogen (secondary N) is 1. The summed E-state index contributed by atoms with van der Waals surface area (Å²) >= 11 is 0. The second kappa shape index (κ2) is 9.20. The van der Waals surface area contributed by atoms with Gasteiger partial charge >= 0.3 is 0 Å². The molecule has 3 rings (SSSR count). The Bertz CT molecular complexity index is 621. The van der Waals surface area contributed by atoms with E-state index in [2.05, 4.69) is 48.3 Å². The summed E-state index contributed by atoms with van der Waals surface area (Å²) in [6.07, 6.45) is 8.17. The minimum absolute atomic E-state index is 0.167. The number of aliphatic hydroxyl groups is 1. The molecule has 1 heterocycles. The van der Waals surface area contributed by atoms with E-state index in [0.29, 0.717) is 19.0 Å². The lowest BCUT2D eigenvalue weighted by Crippen LogP contribution is -2.49. The van der Waals surface area contributed by atoms with Gasteiger partial charge in [-0.05, 0) is 36.3 Å². The number of hydrogen-bond acceptors (Lipinski definition) is 3. The molecule has 1 aliphatic carbocycles. The third-order valence-corrected chi connectivity index (χ3v) is 6.66. The molecule has 1 aromatic rings. The van der Waals surface area contributed by atoms with Crippen LogP contribution in [0, 0.1) is 5.92 Å². The van der Waals surface area contributed by atoms with Gasteiger partial charge < -0.3 is 15.3 Å². The molecule has 1 saturated carbocycles. The molecule has 2 aliphatic rings. The Balaban J connectivity index is 1.67. The van der Waals surface area contributed by atoms with Crippen molar-refractivity contribution in [2.24, 2.45) is 5.92 Å². The second-order valence-electron chi connectivity index (χ2n) is 8.45. The highest BCUT2D eigenvalue weighted by Crippen LogP contribution is 2.38. The van der Waals surface area contributed by atoms with Gasteiger partial charge in [-0.15, -0.1) is 0 Å². The maximum atomic E-state index is 13.1. The second-order valence-corrected chi connectivity index (χ2v) is 8.45. The van der Waals surface area contributed by atoms with Gasteiger partial charge in [-0.3, -0.25) is 4.79 Å². The number of fused-ring (bicyclic) bond motifs is 1. The van der Waals surface area contributed by atoms with Gasteiger partial charge in [0.1, 0.15) is 0 Å². The predicted octanol–water partition coefficient (Wildman–Crippen LogP) is 3.83. The molecule has 1 amide bonds. The topological polar surface area (TPSA) is 52.6 Å². The van der Waals surface area contributed by atoms with Crippen LogP contribution in [0.3, 0.4) is 0 Å². The van der Waals surface area contributed by atoms with Gasteiger partial charge in [-0.2, -0.15) is 0 Å². The molecule has 1 aliphatic heterocycles. The van der Waals surface area contributed by atoms with Gasteiger partial charge in [0, 0.05) is 13.1 Å². The Morgan fingerprint density at radius 2 is 1.93 bits per heavy atom. The van der Waals surface area contributed by atoms with E-state index < -0.39 is 5.60 Å². The first-order chi connectivity index (χ1) is 13.1. The van der Waals surface area contributed by atoms with E-state index in [0.717, 1.165) is 51.5 Å². The van der Waals surface area contributed by atoms with Crippen LogP contribution in [0.2, 0.25) is 0 Å². The van der Waals surface area contributed by atoms with Gasteiger partial charge in [0.15, 0.2) is 0 Å². The number of carbonyl (C=O) groups excluding carboxylic acids is 1. The molecule has 0 spiro atoms. The van der Waals surface area contributed by atoms with Crippen molar-refractivity contribution >= 4 is 5.91 Å². The van der Waals surface area contributed by atoms with Crippen molar-refractivity contribution < 1.29 is 9.90 Å². The summed E-state index contributed by atoms with van der Waals surface area (Å²) in [6.45, 7) is 6.10. The molecule has 0 saturated heterocycles. The molecular formula is C23H36N2O2. The number of amides is 1. The summed E-state index contributed by atoms with van der Waals surface area (Å²) in [4.78, 5) is 15.2. The van der Waals surface area contributed by atoms with Crippen molar-refractivity contribution in [3.05, 3.63) is 35.4 Å². The molecule has 27 heavy (non-hydrogen) atoms. The zero-order chi connectivity index (χ0) is 19.3. The van der Waals surface area contributed by atoms with Gasteiger partial charge in [-0.1, -0.05) is 70.2 Å². The van der Waals surface area contributed by atoms with Crippen LogP contribution in [0.25, 0.3) is 0 Å². The first-order valence-corrected chi connectivity index (χ1v) is 10.9. The Morgan fingerprint density at radius 3 is 2.63 bits per heavy atom. The normalized spacial score (nSPS) is 21.9. The van der Waals surface area contributed by atoms with Crippen LogP contribution in [0.5, 0.6) is 0 Å². The first kappa shape index (κ1) is 20.3. The summed E-state index contributed by atoms with van der Waals surface area (Å²) in [7, 11) is 0. The smallest absolute Gasteiger partial charge is 0.237 e. The quantitative estimate of drug-likeness (QED) is 0.765. The summed E-state index contributed by atoms with van der Waals surface area (Å²) in [6, 6.07) is 8.79.